The zero-order valence-corrected chi connectivity index (χ0v) is 13.7. The Kier molecular flexibility index (Phi) is 5.30. The maximum Gasteiger partial charge on any atom is 0.306 e. The van der Waals surface area contributed by atoms with E-state index in [4.69, 9.17) is 5.11 Å². The molecule has 0 aliphatic heterocycles. The first-order valence-corrected chi connectivity index (χ1v) is 7.19. The topological polar surface area (TPSA) is 99.5 Å². The Balaban J connectivity index is 3.29. The number of carboxylic acid groups (broad SMARTS) is 1. The molecule has 1 aromatic heterocycles. The molecule has 1 rings (SSSR count). The number of aliphatic carboxylic acids is 1. The lowest BCUT2D eigenvalue weighted by Gasteiger charge is -2.32. The van der Waals surface area contributed by atoms with Crippen LogP contribution in [0.4, 0.5) is 5.82 Å². The minimum absolute atomic E-state index is 0.194. The van der Waals surface area contributed by atoms with Gasteiger partial charge in [0.15, 0.2) is 0 Å². The number of nitrogens with zero attached hydrogens (tertiary/aromatic N) is 1. The van der Waals surface area contributed by atoms with Gasteiger partial charge >= 0.3 is 5.97 Å². The number of carboxylic acids is 1. The van der Waals surface area contributed by atoms with Gasteiger partial charge in [-0.25, -0.2) is 4.98 Å². The first kappa shape index (κ1) is 18.1. The zero-order valence-electron chi connectivity index (χ0n) is 13.7. The lowest BCUT2D eigenvalue weighted by molar-refractivity contribution is -0.145. The van der Waals surface area contributed by atoms with Gasteiger partial charge in [-0.15, -0.1) is 0 Å². The highest BCUT2D eigenvalue weighted by atomic mass is 16.4. The predicted molar refractivity (Wildman–Crippen MR) is 83.3 cm³/mol. The van der Waals surface area contributed by atoms with Crippen molar-refractivity contribution in [2.75, 3.05) is 5.32 Å². The van der Waals surface area contributed by atoms with Gasteiger partial charge < -0.3 is 15.5 Å². The molecule has 0 saturated heterocycles. The average Bonchev–Trinajstić information content (AvgIpc) is 2.37. The van der Waals surface area contributed by atoms with Gasteiger partial charge in [-0.1, -0.05) is 40.7 Å². The molecule has 0 radical (unpaired) electrons. The average molecular weight is 308 g/mol. The highest BCUT2D eigenvalue weighted by molar-refractivity contribution is 5.94. The maximum atomic E-state index is 12.2. The van der Waals surface area contributed by atoms with Gasteiger partial charge in [-0.2, -0.15) is 0 Å². The number of amides is 1. The standard InChI is InChI=1S/C16H24N2O4/c1-10(2)16(22,9-12(19)20)11-7-6-8-17-13(11)18-14(21)15(3,4)5/h6-8,10,22H,9H2,1-5H3,(H,19,20)(H,17,18,21). The molecule has 1 atom stereocenters. The molecule has 6 nitrogen and oxygen atoms in total. The first-order chi connectivity index (χ1) is 9.98. The van der Waals surface area contributed by atoms with Crippen LogP contribution < -0.4 is 5.32 Å². The Morgan fingerprint density at radius 2 is 1.91 bits per heavy atom. The Morgan fingerprint density at radius 3 is 2.36 bits per heavy atom. The number of anilines is 1. The van der Waals surface area contributed by atoms with Crippen LogP contribution in [0.25, 0.3) is 0 Å². The molecule has 0 aromatic carbocycles. The molecule has 6 heteroatoms. The van der Waals surface area contributed by atoms with Crippen LogP contribution in [0.5, 0.6) is 0 Å². The number of carbonyl (C=O) groups is 2. The van der Waals surface area contributed by atoms with Crippen molar-refractivity contribution in [2.45, 2.75) is 46.6 Å². The number of pyridine rings is 1. The van der Waals surface area contributed by atoms with Crippen LogP contribution in [0.3, 0.4) is 0 Å². The van der Waals surface area contributed by atoms with E-state index in [-0.39, 0.29) is 17.6 Å². The Hall–Kier alpha value is -1.95. The molecule has 0 aliphatic carbocycles. The molecular formula is C16H24N2O4. The maximum absolute atomic E-state index is 12.2. The number of nitrogens with one attached hydrogen (secondary N) is 1. The molecule has 0 bridgehead atoms. The van der Waals surface area contributed by atoms with Crippen LogP contribution in [-0.2, 0) is 15.2 Å². The third-order valence-electron chi connectivity index (χ3n) is 3.56. The molecule has 0 spiro atoms. The van der Waals surface area contributed by atoms with Gasteiger partial charge in [0.25, 0.3) is 0 Å². The SMILES string of the molecule is CC(C)C(O)(CC(=O)O)c1cccnc1NC(=O)C(C)(C)C. The minimum Gasteiger partial charge on any atom is -0.481 e. The first-order valence-electron chi connectivity index (χ1n) is 7.19. The minimum atomic E-state index is -1.61. The third kappa shape index (κ3) is 4.04. The Morgan fingerprint density at radius 1 is 1.32 bits per heavy atom. The monoisotopic (exact) mass is 308 g/mol. The van der Waals surface area contributed by atoms with Crippen molar-refractivity contribution in [3.63, 3.8) is 0 Å². The van der Waals surface area contributed by atoms with E-state index in [0.29, 0.717) is 5.56 Å². The van der Waals surface area contributed by atoms with Crippen molar-refractivity contribution in [1.82, 2.24) is 4.98 Å². The summed E-state index contributed by atoms with van der Waals surface area (Å²) >= 11 is 0. The number of carbonyl (C=O) groups excluding carboxylic acids is 1. The van der Waals surface area contributed by atoms with Gasteiger partial charge in [0.2, 0.25) is 5.91 Å². The molecule has 1 heterocycles. The third-order valence-corrected chi connectivity index (χ3v) is 3.56. The quantitative estimate of drug-likeness (QED) is 0.775. The van der Waals surface area contributed by atoms with Gasteiger partial charge in [0.1, 0.15) is 11.4 Å². The van der Waals surface area contributed by atoms with Crippen LogP contribution in [0.15, 0.2) is 18.3 Å². The smallest absolute Gasteiger partial charge is 0.306 e. The molecule has 1 amide bonds. The summed E-state index contributed by atoms with van der Waals surface area (Å²) in [4.78, 5) is 27.4. The number of aromatic nitrogens is 1. The van der Waals surface area contributed by atoms with Crippen molar-refractivity contribution < 1.29 is 19.8 Å². The van der Waals surface area contributed by atoms with Crippen LogP contribution in [0, 0.1) is 11.3 Å². The predicted octanol–water partition coefficient (Wildman–Crippen LogP) is 2.38. The van der Waals surface area contributed by atoms with Gasteiger partial charge in [-0.05, 0) is 12.0 Å². The fraction of sp³-hybridized carbons (Fsp3) is 0.562. The summed E-state index contributed by atoms with van der Waals surface area (Å²) in [5.41, 5.74) is -1.93. The van der Waals surface area contributed by atoms with E-state index in [1.165, 1.54) is 6.20 Å². The molecule has 0 fully saturated rings. The second-order valence-corrected chi connectivity index (χ2v) is 6.75. The molecule has 0 saturated carbocycles. The van der Waals surface area contributed by atoms with E-state index in [9.17, 15) is 14.7 Å². The summed E-state index contributed by atoms with van der Waals surface area (Å²) in [7, 11) is 0. The van der Waals surface area contributed by atoms with Gasteiger partial charge in [0, 0.05) is 17.2 Å². The fourth-order valence-corrected chi connectivity index (χ4v) is 1.99. The summed E-state index contributed by atoms with van der Waals surface area (Å²) in [5.74, 6) is -1.54. The van der Waals surface area contributed by atoms with E-state index in [2.05, 4.69) is 10.3 Å². The van der Waals surface area contributed by atoms with Crippen molar-refractivity contribution in [3.05, 3.63) is 23.9 Å². The lowest BCUT2D eigenvalue weighted by atomic mass is 9.80. The fourth-order valence-electron chi connectivity index (χ4n) is 1.99. The normalized spacial score (nSPS) is 14.5. The van der Waals surface area contributed by atoms with Crippen molar-refractivity contribution in [3.8, 4) is 0 Å². The largest absolute Gasteiger partial charge is 0.481 e. The number of aliphatic hydroxyl groups is 1. The van der Waals surface area contributed by atoms with Crippen LogP contribution in [0.1, 0.15) is 46.6 Å². The molecule has 122 valence electrons. The van der Waals surface area contributed by atoms with E-state index in [0.717, 1.165) is 0 Å². The van der Waals surface area contributed by atoms with Crippen molar-refractivity contribution in [2.24, 2.45) is 11.3 Å². The number of hydrogen-bond acceptors (Lipinski definition) is 4. The second kappa shape index (κ2) is 6.44. The summed E-state index contributed by atoms with van der Waals surface area (Å²) in [5, 5.41) is 22.6. The van der Waals surface area contributed by atoms with Crippen molar-refractivity contribution >= 4 is 17.7 Å². The van der Waals surface area contributed by atoms with Crippen molar-refractivity contribution in [1.29, 1.82) is 0 Å². The van der Waals surface area contributed by atoms with E-state index < -0.39 is 23.4 Å². The molecule has 0 aliphatic rings. The Labute approximate surface area is 130 Å². The molecule has 22 heavy (non-hydrogen) atoms. The second-order valence-electron chi connectivity index (χ2n) is 6.75. The molecule has 1 aromatic rings. The molecule has 1 unspecified atom stereocenters. The number of hydrogen-bond donors (Lipinski definition) is 3. The van der Waals surface area contributed by atoms with E-state index in [1.807, 2.05) is 0 Å². The van der Waals surface area contributed by atoms with Crippen LogP contribution in [-0.4, -0.2) is 27.1 Å². The summed E-state index contributed by atoms with van der Waals surface area (Å²) in [6.45, 7) is 8.74. The van der Waals surface area contributed by atoms with Crippen LogP contribution >= 0.6 is 0 Å². The highest BCUT2D eigenvalue weighted by Crippen LogP contribution is 2.37. The summed E-state index contributed by atoms with van der Waals surface area (Å²) in [6, 6.07) is 3.20. The summed E-state index contributed by atoms with van der Waals surface area (Å²) in [6.07, 6.45) is 1.03. The summed E-state index contributed by atoms with van der Waals surface area (Å²) < 4.78 is 0. The van der Waals surface area contributed by atoms with Crippen LogP contribution in [0.2, 0.25) is 0 Å². The van der Waals surface area contributed by atoms with E-state index in [1.54, 1.807) is 46.8 Å². The van der Waals surface area contributed by atoms with Gasteiger partial charge in [-0.3, -0.25) is 9.59 Å². The molecular weight excluding hydrogens is 284 g/mol. The zero-order chi connectivity index (χ0) is 17.1. The van der Waals surface area contributed by atoms with E-state index >= 15 is 0 Å². The highest BCUT2D eigenvalue weighted by Gasteiger charge is 2.38. The number of rotatable bonds is 5. The van der Waals surface area contributed by atoms with Gasteiger partial charge in [0.05, 0.1) is 6.42 Å². The Bertz CT molecular complexity index is 564. The lowest BCUT2D eigenvalue weighted by Crippen LogP contribution is -2.37. The molecule has 3 N–H and O–H groups in total.